The van der Waals surface area contributed by atoms with Crippen LogP contribution >= 0.6 is 11.8 Å². The van der Waals surface area contributed by atoms with E-state index in [9.17, 15) is 0 Å². The highest BCUT2D eigenvalue weighted by atomic mass is 32.2. The summed E-state index contributed by atoms with van der Waals surface area (Å²) in [6, 6.07) is 0.313. The first-order chi connectivity index (χ1) is 8.72. The molecule has 1 aromatic heterocycles. The molecule has 1 aliphatic heterocycles. The highest BCUT2D eigenvalue weighted by Gasteiger charge is 2.27. The molecule has 2 heterocycles. The van der Waals surface area contributed by atoms with E-state index in [1.807, 2.05) is 28.7 Å². The standard InChI is InChI=1S/C14H21N3S/c1-3-5-11(2)14(12-6-4-7-18-10-12)17-9-13(15)8-16-17/h3,5,8-9,12,14H,1,4,6-7,10,15H2,2H3. The first kappa shape index (κ1) is 13.3. The Morgan fingerprint density at radius 1 is 1.72 bits per heavy atom. The Hall–Kier alpha value is -1.16. The Morgan fingerprint density at radius 2 is 2.56 bits per heavy atom. The van der Waals surface area contributed by atoms with Crippen LogP contribution in [0.4, 0.5) is 5.69 Å². The van der Waals surface area contributed by atoms with Crippen LogP contribution in [0.1, 0.15) is 25.8 Å². The fourth-order valence-corrected chi connectivity index (χ4v) is 3.79. The van der Waals surface area contributed by atoms with Crippen LogP contribution in [0.2, 0.25) is 0 Å². The zero-order chi connectivity index (χ0) is 13.0. The third-order valence-corrected chi connectivity index (χ3v) is 4.64. The Morgan fingerprint density at radius 3 is 3.11 bits per heavy atom. The molecule has 1 fully saturated rings. The van der Waals surface area contributed by atoms with Crippen LogP contribution in [0.3, 0.4) is 0 Å². The number of aromatic nitrogens is 2. The fraction of sp³-hybridized carbons (Fsp3) is 0.500. The molecule has 2 atom stereocenters. The summed E-state index contributed by atoms with van der Waals surface area (Å²) in [4.78, 5) is 0. The predicted octanol–water partition coefficient (Wildman–Crippen LogP) is 3.28. The van der Waals surface area contributed by atoms with Crippen molar-refractivity contribution in [1.82, 2.24) is 9.78 Å². The summed E-state index contributed by atoms with van der Waals surface area (Å²) >= 11 is 2.04. The molecule has 0 radical (unpaired) electrons. The maximum Gasteiger partial charge on any atom is 0.0765 e. The second-order valence-corrected chi connectivity index (χ2v) is 5.97. The molecule has 2 unspecified atom stereocenters. The normalized spacial score (nSPS) is 22.7. The van der Waals surface area contributed by atoms with Crippen molar-refractivity contribution >= 4 is 17.4 Å². The fourth-order valence-electron chi connectivity index (χ4n) is 2.60. The quantitative estimate of drug-likeness (QED) is 0.848. The number of nitrogen functional groups attached to an aromatic ring is 1. The van der Waals surface area contributed by atoms with E-state index < -0.39 is 0 Å². The smallest absolute Gasteiger partial charge is 0.0765 e. The van der Waals surface area contributed by atoms with E-state index in [1.54, 1.807) is 6.20 Å². The van der Waals surface area contributed by atoms with E-state index in [4.69, 9.17) is 5.73 Å². The number of nitrogens with zero attached hydrogens (tertiary/aromatic N) is 2. The van der Waals surface area contributed by atoms with Gasteiger partial charge in [0.2, 0.25) is 0 Å². The van der Waals surface area contributed by atoms with Crippen molar-refractivity contribution in [3.05, 3.63) is 36.7 Å². The van der Waals surface area contributed by atoms with Crippen molar-refractivity contribution in [2.45, 2.75) is 25.8 Å². The Kier molecular flexibility index (Phi) is 4.53. The molecule has 0 spiro atoms. The van der Waals surface area contributed by atoms with E-state index in [1.165, 1.54) is 29.9 Å². The minimum absolute atomic E-state index is 0.313. The van der Waals surface area contributed by atoms with Gasteiger partial charge in [0.25, 0.3) is 0 Å². The van der Waals surface area contributed by atoms with Gasteiger partial charge in [0.1, 0.15) is 0 Å². The van der Waals surface area contributed by atoms with E-state index >= 15 is 0 Å². The average Bonchev–Trinajstić information content (AvgIpc) is 2.78. The molecule has 98 valence electrons. The number of thioether (sulfide) groups is 1. The van der Waals surface area contributed by atoms with Crippen LogP contribution in [-0.4, -0.2) is 21.3 Å². The second kappa shape index (κ2) is 6.14. The molecule has 1 aromatic rings. The van der Waals surface area contributed by atoms with Gasteiger partial charge in [-0.05, 0) is 42.8 Å². The molecule has 18 heavy (non-hydrogen) atoms. The number of anilines is 1. The van der Waals surface area contributed by atoms with Gasteiger partial charge in [0.15, 0.2) is 0 Å². The maximum atomic E-state index is 5.79. The monoisotopic (exact) mass is 263 g/mol. The number of hydrogen-bond acceptors (Lipinski definition) is 3. The Bertz CT molecular complexity index is 430. The van der Waals surface area contributed by atoms with Gasteiger partial charge < -0.3 is 5.73 Å². The maximum absolute atomic E-state index is 5.79. The highest BCUT2D eigenvalue weighted by Crippen LogP contribution is 2.35. The minimum atomic E-state index is 0.313. The van der Waals surface area contributed by atoms with Crippen LogP contribution in [0.5, 0.6) is 0 Å². The van der Waals surface area contributed by atoms with Gasteiger partial charge in [-0.1, -0.05) is 18.7 Å². The zero-order valence-corrected chi connectivity index (χ0v) is 11.7. The Labute approximate surface area is 113 Å². The van der Waals surface area contributed by atoms with E-state index in [0.29, 0.717) is 12.0 Å². The third kappa shape index (κ3) is 2.99. The Balaban J connectivity index is 2.27. The summed E-state index contributed by atoms with van der Waals surface area (Å²) < 4.78 is 2.02. The molecule has 1 saturated heterocycles. The second-order valence-electron chi connectivity index (χ2n) is 4.82. The minimum Gasteiger partial charge on any atom is -0.396 e. The topological polar surface area (TPSA) is 43.8 Å². The number of rotatable bonds is 4. The molecule has 0 bridgehead atoms. The first-order valence-electron chi connectivity index (χ1n) is 6.39. The number of hydrogen-bond donors (Lipinski definition) is 1. The molecule has 4 heteroatoms. The van der Waals surface area contributed by atoms with Gasteiger partial charge in [-0.15, -0.1) is 0 Å². The third-order valence-electron chi connectivity index (χ3n) is 3.40. The summed E-state index contributed by atoms with van der Waals surface area (Å²) in [5.74, 6) is 3.13. The molecule has 1 aliphatic rings. The first-order valence-corrected chi connectivity index (χ1v) is 7.54. The number of allylic oxidation sites excluding steroid dienone is 3. The lowest BCUT2D eigenvalue weighted by Crippen LogP contribution is -2.25. The average molecular weight is 263 g/mol. The zero-order valence-electron chi connectivity index (χ0n) is 10.9. The van der Waals surface area contributed by atoms with E-state index in [0.717, 1.165) is 5.69 Å². The molecule has 0 amide bonds. The SMILES string of the molecule is C=CC=C(C)C(C1CCCSC1)n1cc(N)cn1. The lowest BCUT2D eigenvalue weighted by molar-refractivity contribution is 0.350. The lowest BCUT2D eigenvalue weighted by atomic mass is 9.91. The van der Waals surface area contributed by atoms with Crippen molar-refractivity contribution < 1.29 is 0 Å². The molecule has 2 rings (SSSR count). The summed E-state index contributed by atoms with van der Waals surface area (Å²) in [5.41, 5.74) is 7.83. The van der Waals surface area contributed by atoms with Gasteiger partial charge in [-0.25, -0.2) is 0 Å². The summed E-state index contributed by atoms with van der Waals surface area (Å²) in [7, 11) is 0. The molecule has 0 aliphatic carbocycles. The van der Waals surface area contributed by atoms with Crippen LogP contribution in [0.25, 0.3) is 0 Å². The van der Waals surface area contributed by atoms with Crippen LogP contribution in [-0.2, 0) is 0 Å². The molecular weight excluding hydrogens is 242 g/mol. The summed E-state index contributed by atoms with van der Waals surface area (Å²) in [6.45, 7) is 5.95. The largest absolute Gasteiger partial charge is 0.396 e. The van der Waals surface area contributed by atoms with E-state index in [2.05, 4.69) is 24.7 Å². The summed E-state index contributed by atoms with van der Waals surface area (Å²) in [6.07, 6.45) is 10.2. The van der Waals surface area contributed by atoms with Gasteiger partial charge in [0, 0.05) is 6.20 Å². The lowest BCUT2D eigenvalue weighted by Gasteiger charge is -2.31. The predicted molar refractivity (Wildman–Crippen MR) is 79.7 cm³/mol. The van der Waals surface area contributed by atoms with Crippen molar-refractivity contribution in [2.24, 2.45) is 5.92 Å². The van der Waals surface area contributed by atoms with Crippen LogP contribution < -0.4 is 5.73 Å². The van der Waals surface area contributed by atoms with Gasteiger partial charge in [-0.2, -0.15) is 16.9 Å². The van der Waals surface area contributed by atoms with E-state index in [-0.39, 0.29) is 0 Å². The molecule has 0 saturated carbocycles. The molecular formula is C14H21N3S. The number of nitrogens with two attached hydrogens (primary N) is 1. The van der Waals surface area contributed by atoms with Gasteiger partial charge in [-0.3, -0.25) is 4.68 Å². The van der Waals surface area contributed by atoms with Crippen LogP contribution in [0, 0.1) is 5.92 Å². The molecule has 2 N–H and O–H groups in total. The molecule has 3 nitrogen and oxygen atoms in total. The van der Waals surface area contributed by atoms with Crippen molar-refractivity contribution in [3.8, 4) is 0 Å². The van der Waals surface area contributed by atoms with Gasteiger partial charge >= 0.3 is 0 Å². The van der Waals surface area contributed by atoms with Crippen molar-refractivity contribution in [3.63, 3.8) is 0 Å². The van der Waals surface area contributed by atoms with Gasteiger partial charge in [0.05, 0.1) is 17.9 Å². The van der Waals surface area contributed by atoms with Crippen molar-refractivity contribution in [2.75, 3.05) is 17.2 Å². The molecule has 0 aromatic carbocycles. The van der Waals surface area contributed by atoms with Crippen LogP contribution in [0.15, 0.2) is 36.7 Å². The summed E-state index contributed by atoms with van der Waals surface area (Å²) in [5, 5.41) is 4.40. The highest BCUT2D eigenvalue weighted by molar-refractivity contribution is 7.99. The van der Waals surface area contributed by atoms with Crippen molar-refractivity contribution in [1.29, 1.82) is 0 Å².